The number of benzene rings is 1. The van der Waals surface area contributed by atoms with E-state index >= 15 is 0 Å². The van der Waals surface area contributed by atoms with Crippen LogP contribution in [-0.4, -0.2) is 36.6 Å². The highest BCUT2D eigenvalue weighted by atomic mass is 15.2. The van der Waals surface area contributed by atoms with Gasteiger partial charge in [0.15, 0.2) is 0 Å². The van der Waals surface area contributed by atoms with Gasteiger partial charge in [0.1, 0.15) is 0 Å². The van der Waals surface area contributed by atoms with Gasteiger partial charge in [0.25, 0.3) is 0 Å². The second-order valence-electron chi connectivity index (χ2n) is 6.12. The molecule has 1 rings (SSSR count). The monoisotopic (exact) mass is 276 g/mol. The zero-order valence-electron chi connectivity index (χ0n) is 13.7. The summed E-state index contributed by atoms with van der Waals surface area (Å²) in [5.74, 6) is 0. The Morgan fingerprint density at radius 1 is 0.900 bits per heavy atom. The summed E-state index contributed by atoms with van der Waals surface area (Å²) in [4.78, 5) is 2.54. The predicted molar refractivity (Wildman–Crippen MR) is 89.2 cm³/mol. The molecule has 0 aliphatic rings. The molecular formula is C18H32N2. The third-order valence-electron chi connectivity index (χ3n) is 3.79. The van der Waals surface area contributed by atoms with Crippen LogP contribution >= 0.6 is 0 Å². The molecule has 0 atom stereocenters. The maximum atomic E-state index is 3.57. The van der Waals surface area contributed by atoms with Crippen molar-refractivity contribution in [3.63, 3.8) is 0 Å². The Bertz CT molecular complexity index is 325. The summed E-state index contributed by atoms with van der Waals surface area (Å²) in [5.41, 5.74) is 1.46. The van der Waals surface area contributed by atoms with E-state index in [-0.39, 0.29) is 0 Å². The fourth-order valence-electron chi connectivity index (χ4n) is 2.67. The SMILES string of the molecule is CC(C)N(CCNCCCCc1ccccc1)C(C)C. The van der Waals surface area contributed by atoms with Crippen molar-refractivity contribution < 1.29 is 0 Å². The summed E-state index contributed by atoms with van der Waals surface area (Å²) in [6.45, 7) is 12.5. The van der Waals surface area contributed by atoms with Crippen molar-refractivity contribution in [3.05, 3.63) is 35.9 Å². The zero-order valence-corrected chi connectivity index (χ0v) is 13.7. The molecule has 0 fully saturated rings. The summed E-state index contributed by atoms with van der Waals surface area (Å²) in [5, 5.41) is 3.57. The van der Waals surface area contributed by atoms with Gasteiger partial charge < -0.3 is 5.32 Å². The van der Waals surface area contributed by atoms with Crippen LogP contribution in [0.25, 0.3) is 0 Å². The Morgan fingerprint density at radius 3 is 2.15 bits per heavy atom. The first kappa shape index (κ1) is 17.2. The summed E-state index contributed by atoms with van der Waals surface area (Å²) >= 11 is 0. The van der Waals surface area contributed by atoms with Crippen LogP contribution in [0.5, 0.6) is 0 Å². The molecule has 1 aromatic rings. The van der Waals surface area contributed by atoms with Gasteiger partial charge in [-0.1, -0.05) is 30.3 Å². The van der Waals surface area contributed by atoms with E-state index in [0.29, 0.717) is 12.1 Å². The molecule has 0 amide bonds. The molecule has 0 aromatic heterocycles. The third kappa shape index (κ3) is 7.06. The van der Waals surface area contributed by atoms with Gasteiger partial charge >= 0.3 is 0 Å². The first-order valence-corrected chi connectivity index (χ1v) is 8.11. The molecule has 0 heterocycles. The summed E-state index contributed by atoms with van der Waals surface area (Å²) < 4.78 is 0. The summed E-state index contributed by atoms with van der Waals surface area (Å²) in [7, 11) is 0. The molecule has 0 unspecified atom stereocenters. The topological polar surface area (TPSA) is 15.3 Å². The van der Waals surface area contributed by atoms with Crippen LogP contribution in [0.1, 0.15) is 46.1 Å². The molecule has 0 aliphatic carbocycles. The van der Waals surface area contributed by atoms with Gasteiger partial charge in [0.2, 0.25) is 0 Å². The van der Waals surface area contributed by atoms with Gasteiger partial charge in [-0.2, -0.15) is 0 Å². The Kier molecular flexibility index (Phi) is 8.56. The molecule has 0 bridgehead atoms. The summed E-state index contributed by atoms with van der Waals surface area (Å²) in [6.07, 6.45) is 3.74. The number of hydrogen-bond donors (Lipinski definition) is 1. The maximum absolute atomic E-state index is 3.57. The second-order valence-corrected chi connectivity index (χ2v) is 6.12. The molecule has 1 N–H and O–H groups in total. The first-order valence-electron chi connectivity index (χ1n) is 8.11. The van der Waals surface area contributed by atoms with E-state index in [2.05, 4.69) is 68.2 Å². The largest absolute Gasteiger partial charge is 0.315 e. The third-order valence-corrected chi connectivity index (χ3v) is 3.79. The number of aryl methyl sites for hydroxylation is 1. The Labute approximate surface area is 125 Å². The lowest BCUT2D eigenvalue weighted by Gasteiger charge is -2.30. The second kappa shape index (κ2) is 9.95. The zero-order chi connectivity index (χ0) is 14.8. The van der Waals surface area contributed by atoms with Crippen LogP contribution < -0.4 is 5.32 Å². The highest BCUT2D eigenvalue weighted by Crippen LogP contribution is 2.04. The van der Waals surface area contributed by atoms with E-state index in [0.717, 1.165) is 19.6 Å². The molecule has 114 valence electrons. The number of hydrogen-bond acceptors (Lipinski definition) is 2. The minimum atomic E-state index is 0.634. The van der Waals surface area contributed by atoms with Crippen LogP contribution in [0.4, 0.5) is 0 Å². The predicted octanol–water partition coefficient (Wildman–Crippen LogP) is 3.72. The molecule has 1 aromatic carbocycles. The van der Waals surface area contributed by atoms with Gasteiger partial charge in [0, 0.05) is 25.2 Å². The van der Waals surface area contributed by atoms with E-state index in [1.807, 2.05) is 0 Å². The van der Waals surface area contributed by atoms with Crippen molar-refractivity contribution in [1.29, 1.82) is 0 Å². The van der Waals surface area contributed by atoms with Crippen LogP contribution in [0.3, 0.4) is 0 Å². The average Bonchev–Trinajstić information content (AvgIpc) is 2.42. The highest BCUT2D eigenvalue weighted by Gasteiger charge is 2.11. The van der Waals surface area contributed by atoms with E-state index in [9.17, 15) is 0 Å². The lowest BCUT2D eigenvalue weighted by Crippen LogP contribution is -2.41. The lowest BCUT2D eigenvalue weighted by atomic mass is 10.1. The van der Waals surface area contributed by atoms with Gasteiger partial charge in [-0.15, -0.1) is 0 Å². The van der Waals surface area contributed by atoms with Crippen molar-refractivity contribution >= 4 is 0 Å². The van der Waals surface area contributed by atoms with E-state index in [4.69, 9.17) is 0 Å². The van der Waals surface area contributed by atoms with Crippen molar-refractivity contribution in [2.45, 2.75) is 59.0 Å². The lowest BCUT2D eigenvalue weighted by molar-refractivity contribution is 0.176. The van der Waals surface area contributed by atoms with Gasteiger partial charge in [-0.05, 0) is 59.1 Å². The van der Waals surface area contributed by atoms with E-state index in [1.54, 1.807) is 0 Å². The minimum Gasteiger partial charge on any atom is -0.315 e. The van der Waals surface area contributed by atoms with Crippen molar-refractivity contribution in [2.75, 3.05) is 19.6 Å². The first-order chi connectivity index (χ1) is 9.61. The molecule has 0 radical (unpaired) electrons. The van der Waals surface area contributed by atoms with Crippen LogP contribution in [-0.2, 0) is 6.42 Å². The number of unbranched alkanes of at least 4 members (excludes halogenated alkanes) is 1. The number of nitrogens with one attached hydrogen (secondary N) is 1. The smallest absolute Gasteiger partial charge is 0.0112 e. The van der Waals surface area contributed by atoms with E-state index in [1.165, 1.54) is 24.8 Å². The van der Waals surface area contributed by atoms with Gasteiger partial charge in [-0.3, -0.25) is 4.90 Å². The normalized spacial score (nSPS) is 11.8. The minimum absolute atomic E-state index is 0.634. The van der Waals surface area contributed by atoms with Gasteiger partial charge in [0.05, 0.1) is 0 Å². The molecule has 0 saturated heterocycles. The Morgan fingerprint density at radius 2 is 1.55 bits per heavy atom. The standard InChI is InChI=1S/C18H32N2/c1-16(2)20(17(3)4)15-14-19-13-9-8-12-18-10-6-5-7-11-18/h5-7,10-11,16-17,19H,8-9,12-15H2,1-4H3. The van der Waals surface area contributed by atoms with E-state index < -0.39 is 0 Å². The average molecular weight is 276 g/mol. The number of nitrogens with zero attached hydrogens (tertiary/aromatic N) is 1. The molecule has 20 heavy (non-hydrogen) atoms. The molecule has 0 aliphatic heterocycles. The van der Waals surface area contributed by atoms with Crippen LogP contribution in [0.2, 0.25) is 0 Å². The molecule has 2 nitrogen and oxygen atoms in total. The quantitative estimate of drug-likeness (QED) is 0.655. The molecule has 0 saturated carbocycles. The fraction of sp³-hybridized carbons (Fsp3) is 0.667. The van der Waals surface area contributed by atoms with Gasteiger partial charge in [-0.25, -0.2) is 0 Å². The molecule has 2 heteroatoms. The highest BCUT2D eigenvalue weighted by molar-refractivity contribution is 5.14. The van der Waals surface area contributed by atoms with Crippen LogP contribution in [0.15, 0.2) is 30.3 Å². The number of rotatable bonds is 10. The van der Waals surface area contributed by atoms with Crippen molar-refractivity contribution in [2.24, 2.45) is 0 Å². The van der Waals surface area contributed by atoms with Crippen molar-refractivity contribution in [3.8, 4) is 0 Å². The molecular weight excluding hydrogens is 244 g/mol. The van der Waals surface area contributed by atoms with Crippen LogP contribution in [0, 0.1) is 0 Å². The summed E-state index contributed by atoms with van der Waals surface area (Å²) in [6, 6.07) is 12.0. The Hall–Kier alpha value is -0.860. The van der Waals surface area contributed by atoms with Crippen molar-refractivity contribution in [1.82, 2.24) is 10.2 Å². The Balaban J connectivity index is 2.02. The maximum Gasteiger partial charge on any atom is 0.0112 e. The molecule has 0 spiro atoms. The fourth-order valence-corrected chi connectivity index (χ4v) is 2.67.